The summed E-state index contributed by atoms with van der Waals surface area (Å²) in [6, 6.07) is 14.0. The van der Waals surface area contributed by atoms with E-state index in [-0.39, 0.29) is 11.9 Å². The van der Waals surface area contributed by atoms with Crippen LogP contribution in [0.25, 0.3) is 10.8 Å². The van der Waals surface area contributed by atoms with Crippen LogP contribution < -0.4 is 10.6 Å². The number of pyridine rings is 1. The molecule has 29 heavy (non-hydrogen) atoms. The molecule has 0 aliphatic heterocycles. The van der Waals surface area contributed by atoms with Crippen LogP contribution in [0, 0.1) is 12.8 Å². The molecule has 0 bridgehead atoms. The number of benzene rings is 2. The minimum Gasteiger partial charge on any atom is -0.349 e. The molecule has 1 aliphatic rings. The number of amides is 1. The predicted molar refractivity (Wildman–Crippen MR) is 120 cm³/mol. The number of nitrogens with one attached hydrogen (secondary N) is 2. The smallest absolute Gasteiger partial charge is 0.253 e. The third kappa shape index (κ3) is 4.38. The highest BCUT2D eigenvalue weighted by atomic mass is 35.5. The van der Waals surface area contributed by atoms with Crippen molar-refractivity contribution in [1.82, 2.24) is 10.3 Å². The monoisotopic (exact) mass is 407 g/mol. The molecule has 2 aromatic carbocycles. The Morgan fingerprint density at radius 3 is 2.69 bits per heavy atom. The zero-order valence-corrected chi connectivity index (χ0v) is 17.6. The van der Waals surface area contributed by atoms with E-state index in [0.717, 1.165) is 34.9 Å². The molecular formula is C24H26ClN3O. The van der Waals surface area contributed by atoms with Gasteiger partial charge < -0.3 is 10.6 Å². The van der Waals surface area contributed by atoms with Gasteiger partial charge in [-0.15, -0.1) is 0 Å². The number of anilines is 2. The largest absolute Gasteiger partial charge is 0.349 e. The van der Waals surface area contributed by atoms with Gasteiger partial charge in [-0.1, -0.05) is 61.7 Å². The standard InChI is InChI=1S/C24H26ClN3O/c1-15-6-5-7-17(12-15)28-24(29)21-14-26-23(20-9-4-3-8-19(20)21)27-18-11-10-16(2)22(25)13-18/h3-4,8-11,13-15,17H,5-7,12H2,1-2H3,(H,26,27)(H,28,29)/t15-,17+/m0/s1. The average Bonchev–Trinajstić information content (AvgIpc) is 2.71. The molecule has 1 heterocycles. The lowest BCUT2D eigenvalue weighted by Crippen LogP contribution is -2.38. The molecule has 1 aromatic heterocycles. The van der Waals surface area contributed by atoms with Gasteiger partial charge in [0.1, 0.15) is 5.82 Å². The maximum Gasteiger partial charge on any atom is 0.253 e. The third-order valence-electron chi connectivity index (χ3n) is 5.75. The van der Waals surface area contributed by atoms with Crippen LogP contribution in [0.3, 0.4) is 0 Å². The summed E-state index contributed by atoms with van der Waals surface area (Å²) in [6.07, 6.45) is 6.19. The van der Waals surface area contributed by atoms with E-state index in [1.165, 1.54) is 12.8 Å². The molecule has 0 radical (unpaired) electrons. The fourth-order valence-electron chi connectivity index (χ4n) is 4.11. The lowest BCUT2D eigenvalue weighted by atomic mass is 9.87. The van der Waals surface area contributed by atoms with E-state index >= 15 is 0 Å². The van der Waals surface area contributed by atoms with Crippen LogP contribution in [-0.4, -0.2) is 16.9 Å². The van der Waals surface area contributed by atoms with Crippen molar-refractivity contribution >= 4 is 39.8 Å². The van der Waals surface area contributed by atoms with E-state index in [1.54, 1.807) is 6.20 Å². The Labute approximate surface area is 176 Å². The van der Waals surface area contributed by atoms with E-state index < -0.39 is 0 Å². The molecule has 1 aliphatic carbocycles. The van der Waals surface area contributed by atoms with E-state index in [9.17, 15) is 4.79 Å². The summed E-state index contributed by atoms with van der Waals surface area (Å²) in [5.41, 5.74) is 2.51. The number of hydrogen-bond donors (Lipinski definition) is 2. The van der Waals surface area contributed by atoms with Crippen LogP contribution in [0.15, 0.2) is 48.7 Å². The number of aryl methyl sites for hydroxylation is 1. The van der Waals surface area contributed by atoms with E-state index in [2.05, 4.69) is 22.5 Å². The minimum absolute atomic E-state index is 0.0438. The highest BCUT2D eigenvalue weighted by Crippen LogP contribution is 2.29. The molecule has 1 amide bonds. The Morgan fingerprint density at radius 2 is 1.93 bits per heavy atom. The molecule has 2 atom stereocenters. The van der Waals surface area contributed by atoms with Gasteiger partial charge in [0.15, 0.2) is 0 Å². The summed E-state index contributed by atoms with van der Waals surface area (Å²) in [5.74, 6) is 1.33. The van der Waals surface area contributed by atoms with Crippen LogP contribution in [-0.2, 0) is 0 Å². The highest BCUT2D eigenvalue weighted by Gasteiger charge is 2.22. The lowest BCUT2D eigenvalue weighted by molar-refractivity contribution is 0.0923. The normalized spacial score (nSPS) is 19.1. The fourth-order valence-corrected chi connectivity index (χ4v) is 4.29. The quantitative estimate of drug-likeness (QED) is 0.537. The maximum absolute atomic E-state index is 13.0. The van der Waals surface area contributed by atoms with E-state index in [0.29, 0.717) is 22.3 Å². The fraction of sp³-hybridized carbons (Fsp3) is 0.333. The number of hydrogen-bond acceptors (Lipinski definition) is 3. The molecular weight excluding hydrogens is 382 g/mol. The molecule has 4 rings (SSSR count). The second kappa shape index (κ2) is 8.42. The van der Waals surface area contributed by atoms with Crippen LogP contribution >= 0.6 is 11.6 Å². The van der Waals surface area contributed by atoms with Crippen molar-refractivity contribution < 1.29 is 4.79 Å². The van der Waals surface area contributed by atoms with Crippen molar-refractivity contribution in [1.29, 1.82) is 0 Å². The first kappa shape index (κ1) is 19.7. The summed E-state index contributed by atoms with van der Waals surface area (Å²) in [7, 11) is 0. The van der Waals surface area contributed by atoms with Crippen molar-refractivity contribution in [3.8, 4) is 0 Å². The number of carbonyl (C=O) groups is 1. The lowest BCUT2D eigenvalue weighted by Gasteiger charge is -2.27. The van der Waals surface area contributed by atoms with Crippen LogP contribution in [0.2, 0.25) is 5.02 Å². The van der Waals surface area contributed by atoms with Crippen LogP contribution in [0.1, 0.15) is 48.5 Å². The molecule has 0 spiro atoms. The maximum atomic E-state index is 13.0. The summed E-state index contributed by atoms with van der Waals surface area (Å²) < 4.78 is 0. The van der Waals surface area contributed by atoms with E-state index in [4.69, 9.17) is 11.6 Å². The summed E-state index contributed by atoms with van der Waals surface area (Å²) in [5, 5.41) is 9.07. The molecule has 150 valence electrons. The Morgan fingerprint density at radius 1 is 1.14 bits per heavy atom. The van der Waals surface area contributed by atoms with Gasteiger partial charge in [-0.2, -0.15) is 0 Å². The van der Waals surface area contributed by atoms with Gasteiger partial charge >= 0.3 is 0 Å². The number of carbonyl (C=O) groups excluding carboxylic acids is 1. The molecule has 4 nitrogen and oxygen atoms in total. The summed E-state index contributed by atoms with van der Waals surface area (Å²) in [6.45, 7) is 4.23. The number of rotatable bonds is 4. The van der Waals surface area contributed by atoms with Crippen molar-refractivity contribution in [3.63, 3.8) is 0 Å². The first-order valence-electron chi connectivity index (χ1n) is 10.2. The number of halogens is 1. The molecule has 2 N–H and O–H groups in total. The van der Waals surface area contributed by atoms with Gasteiger partial charge in [-0.25, -0.2) is 4.98 Å². The highest BCUT2D eigenvalue weighted by molar-refractivity contribution is 6.31. The Hall–Kier alpha value is -2.59. The Kier molecular flexibility index (Phi) is 5.72. The van der Waals surface area contributed by atoms with Gasteiger partial charge in [0.05, 0.1) is 5.56 Å². The number of aromatic nitrogens is 1. The van der Waals surface area contributed by atoms with Crippen molar-refractivity contribution in [2.24, 2.45) is 5.92 Å². The summed E-state index contributed by atoms with van der Waals surface area (Å²) in [4.78, 5) is 17.6. The van der Waals surface area contributed by atoms with Gasteiger partial charge in [0.25, 0.3) is 5.91 Å². The van der Waals surface area contributed by atoms with Crippen LogP contribution in [0.5, 0.6) is 0 Å². The minimum atomic E-state index is -0.0438. The average molecular weight is 408 g/mol. The molecule has 1 saturated carbocycles. The van der Waals surface area contributed by atoms with Gasteiger partial charge in [0, 0.05) is 28.3 Å². The first-order chi connectivity index (χ1) is 14.0. The number of nitrogens with zero attached hydrogens (tertiary/aromatic N) is 1. The molecule has 5 heteroatoms. The second-order valence-corrected chi connectivity index (χ2v) is 8.50. The second-order valence-electron chi connectivity index (χ2n) is 8.10. The predicted octanol–water partition coefficient (Wildman–Crippen LogP) is 6.25. The van der Waals surface area contributed by atoms with Crippen molar-refractivity contribution in [2.45, 2.75) is 45.6 Å². The molecule has 0 saturated heterocycles. The Bertz CT molecular complexity index is 1050. The van der Waals surface area contributed by atoms with Crippen LogP contribution in [0.4, 0.5) is 11.5 Å². The van der Waals surface area contributed by atoms with Crippen molar-refractivity contribution in [3.05, 3.63) is 64.8 Å². The first-order valence-corrected chi connectivity index (χ1v) is 10.6. The SMILES string of the molecule is Cc1ccc(Nc2ncc(C(=O)N[C@@H]3CCC[C@H](C)C3)c3ccccc23)cc1Cl. The zero-order valence-electron chi connectivity index (χ0n) is 16.8. The topological polar surface area (TPSA) is 54.0 Å². The Balaban J connectivity index is 1.62. The van der Waals surface area contributed by atoms with Gasteiger partial charge in [-0.3, -0.25) is 4.79 Å². The summed E-state index contributed by atoms with van der Waals surface area (Å²) >= 11 is 6.25. The third-order valence-corrected chi connectivity index (χ3v) is 6.15. The molecule has 0 unspecified atom stereocenters. The molecule has 3 aromatic rings. The van der Waals surface area contributed by atoms with Gasteiger partial charge in [-0.05, 0) is 48.8 Å². The van der Waals surface area contributed by atoms with Crippen molar-refractivity contribution in [2.75, 3.05) is 5.32 Å². The molecule has 1 fully saturated rings. The van der Waals surface area contributed by atoms with Gasteiger partial charge in [0.2, 0.25) is 0 Å². The number of fused-ring (bicyclic) bond motifs is 1. The zero-order chi connectivity index (χ0) is 20.4. The van der Waals surface area contributed by atoms with E-state index in [1.807, 2.05) is 49.4 Å².